The average molecular weight is 550 g/mol. The van der Waals surface area contributed by atoms with Crippen molar-refractivity contribution in [1.29, 1.82) is 0 Å². The van der Waals surface area contributed by atoms with E-state index in [1.165, 1.54) is 33.5 Å². The number of halogens is 4. The Morgan fingerprint density at radius 1 is 1.08 bits per heavy atom. The van der Waals surface area contributed by atoms with Crippen LogP contribution in [0.2, 0.25) is 0 Å². The molecule has 2 aromatic carbocycles. The number of aliphatic carboxylic acids is 1. The molecule has 1 aliphatic heterocycles. The predicted molar refractivity (Wildman–Crippen MR) is 126 cm³/mol. The van der Waals surface area contributed by atoms with Crippen LogP contribution in [-0.2, 0) is 21.4 Å². The Balaban J connectivity index is 0.000000604. The number of para-hydroxylation sites is 1. The van der Waals surface area contributed by atoms with Crippen molar-refractivity contribution < 1.29 is 45.4 Å². The second-order valence-corrected chi connectivity index (χ2v) is 9.90. The molecular formula is C23H27F4N3O6S. The first-order chi connectivity index (χ1) is 17.3. The number of carboxylic acid groups (broad SMARTS) is 1. The molecule has 0 saturated carbocycles. The van der Waals surface area contributed by atoms with E-state index >= 15 is 0 Å². The highest BCUT2D eigenvalue weighted by molar-refractivity contribution is 7.89. The van der Waals surface area contributed by atoms with Crippen LogP contribution in [0.3, 0.4) is 0 Å². The molecule has 0 aliphatic carbocycles. The SMILES string of the molecule is COc1ccccc1CN(CCS(=O)(=O)N1CCNCC1)C(=O)c1ccc(F)cc1.O=C(O)C(F)(F)F. The van der Waals surface area contributed by atoms with Gasteiger partial charge in [0.2, 0.25) is 10.0 Å². The molecule has 1 aliphatic rings. The highest BCUT2D eigenvalue weighted by Gasteiger charge is 2.38. The Morgan fingerprint density at radius 2 is 1.65 bits per heavy atom. The van der Waals surface area contributed by atoms with Gasteiger partial charge in [-0.25, -0.2) is 17.6 Å². The fourth-order valence-electron chi connectivity index (χ4n) is 3.34. The van der Waals surface area contributed by atoms with E-state index in [0.29, 0.717) is 37.5 Å². The Bertz CT molecular complexity index is 1150. The number of carbonyl (C=O) groups is 2. The van der Waals surface area contributed by atoms with Crippen molar-refractivity contribution >= 4 is 21.9 Å². The number of benzene rings is 2. The maximum Gasteiger partial charge on any atom is 0.490 e. The Hall–Kier alpha value is -3.23. The summed E-state index contributed by atoms with van der Waals surface area (Å²) in [6.45, 7) is 2.25. The smallest absolute Gasteiger partial charge is 0.490 e. The second-order valence-electron chi connectivity index (χ2n) is 7.81. The number of nitrogens with zero attached hydrogens (tertiary/aromatic N) is 2. The van der Waals surface area contributed by atoms with E-state index < -0.39 is 28.0 Å². The van der Waals surface area contributed by atoms with Gasteiger partial charge < -0.3 is 20.1 Å². The maximum absolute atomic E-state index is 13.3. The lowest BCUT2D eigenvalue weighted by Gasteiger charge is -2.29. The number of alkyl halides is 3. The molecule has 0 aromatic heterocycles. The minimum Gasteiger partial charge on any atom is -0.496 e. The molecular weight excluding hydrogens is 522 g/mol. The largest absolute Gasteiger partial charge is 0.496 e. The minimum absolute atomic E-state index is 0.0144. The van der Waals surface area contributed by atoms with Crippen molar-refractivity contribution in [2.24, 2.45) is 0 Å². The van der Waals surface area contributed by atoms with Crippen LogP contribution in [0, 0.1) is 5.82 Å². The molecule has 0 spiro atoms. The number of nitrogens with one attached hydrogen (secondary N) is 1. The van der Waals surface area contributed by atoms with Crippen molar-refractivity contribution in [2.45, 2.75) is 12.7 Å². The van der Waals surface area contributed by atoms with Crippen molar-refractivity contribution in [3.05, 3.63) is 65.5 Å². The third-order valence-corrected chi connectivity index (χ3v) is 7.11. The lowest BCUT2D eigenvalue weighted by atomic mass is 10.1. The molecule has 3 rings (SSSR count). The van der Waals surface area contributed by atoms with Crippen molar-refractivity contribution in [3.63, 3.8) is 0 Å². The van der Waals surface area contributed by atoms with E-state index in [1.807, 2.05) is 18.2 Å². The first-order valence-electron chi connectivity index (χ1n) is 11.0. The van der Waals surface area contributed by atoms with E-state index in [2.05, 4.69) is 5.32 Å². The van der Waals surface area contributed by atoms with Gasteiger partial charge in [-0.15, -0.1) is 0 Å². The van der Waals surface area contributed by atoms with Crippen LogP contribution in [0.15, 0.2) is 48.5 Å². The summed E-state index contributed by atoms with van der Waals surface area (Å²) in [6, 6.07) is 12.5. The lowest BCUT2D eigenvalue weighted by molar-refractivity contribution is -0.192. The highest BCUT2D eigenvalue weighted by Crippen LogP contribution is 2.21. The number of hydrogen-bond donors (Lipinski definition) is 2. The monoisotopic (exact) mass is 549 g/mol. The third-order valence-electron chi connectivity index (χ3n) is 5.26. The average Bonchev–Trinajstić information content (AvgIpc) is 2.87. The zero-order valence-corrected chi connectivity index (χ0v) is 20.7. The number of piperazine rings is 1. The fraction of sp³-hybridized carbons (Fsp3) is 0.391. The predicted octanol–water partition coefficient (Wildman–Crippen LogP) is 2.34. The second kappa shape index (κ2) is 13.4. The van der Waals surface area contributed by atoms with Gasteiger partial charge in [-0.1, -0.05) is 18.2 Å². The van der Waals surface area contributed by atoms with Gasteiger partial charge in [0.05, 0.1) is 12.9 Å². The molecule has 9 nitrogen and oxygen atoms in total. The topological polar surface area (TPSA) is 116 Å². The number of sulfonamides is 1. The number of carbonyl (C=O) groups excluding carboxylic acids is 1. The summed E-state index contributed by atoms with van der Waals surface area (Å²) < 4.78 is 77.3. The molecule has 0 radical (unpaired) electrons. The molecule has 204 valence electrons. The van der Waals surface area contributed by atoms with Crippen LogP contribution < -0.4 is 10.1 Å². The molecule has 0 unspecified atom stereocenters. The minimum atomic E-state index is -5.08. The summed E-state index contributed by atoms with van der Waals surface area (Å²) in [5, 5.41) is 10.3. The van der Waals surface area contributed by atoms with Gasteiger partial charge >= 0.3 is 12.1 Å². The number of ether oxygens (including phenoxy) is 1. The van der Waals surface area contributed by atoms with E-state index in [0.717, 1.165) is 5.56 Å². The van der Waals surface area contributed by atoms with Gasteiger partial charge in [-0.2, -0.15) is 17.5 Å². The van der Waals surface area contributed by atoms with E-state index in [-0.39, 0.29) is 24.7 Å². The molecule has 2 N–H and O–H groups in total. The van der Waals surface area contributed by atoms with Gasteiger partial charge in [0.15, 0.2) is 0 Å². The van der Waals surface area contributed by atoms with Crippen LogP contribution >= 0.6 is 0 Å². The molecule has 2 aromatic rings. The summed E-state index contributed by atoms with van der Waals surface area (Å²) in [4.78, 5) is 23.5. The quantitative estimate of drug-likeness (QED) is 0.486. The van der Waals surface area contributed by atoms with Gasteiger partial charge in [0.1, 0.15) is 11.6 Å². The van der Waals surface area contributed by atoms with Crippen LogP contribution in [0.5, 0.6) is 5.75 Å². The van der Waals surface area contributed by atoms with Crippen LogP contribution in [0.25, 0.3) is 0 Å². The number of carboxylic acids is 1. The molecule has 0 atom stereocenters. The van der Waals surface area contributed by atoms with Gasteiger partial charge in [-0.05, 0) is 30.3 Å². The number of methoxy groups -OCH3 is 1. The third kappa shape index (κ3) is 9.30. The summed E-state index contributed by atoms with van der Waals surface area (Å²) in [5.74, 6) is -3.14. The zero-order chi connectivity index (χ0) is 27.6. The molecule has 0 bridgehead atoms. The van der Waals surface area contributed by atoms with Crippen molar-refractivity contribution in [3.8, 4) is 5.75 Å². The lowest BCUT2D eigenvalue weighted by Crippen LogP contribution is -2.48. The summed E-state index contributed by atoms with van der Waals surface area (Å²) >= 11 is 0. The van der Waals surface area contributed by atoms with Crippen molar-refractivity contribution in [1.82, 2.24) is 14.5 Å². The molecule has 14 heteroatoms. The first-order valence-corrected chi connectivity index (χ1v) is 12.6. The van der Waals surface area contributed by atoms with Crippen LogP contribution in [0.4, 0.5) is 17.6 Å². The van der Waals surface area contributed by atoms with Gasteiger partial charge in [0.25, 0.3) is 5.91 Å². The summed E-state index contributed by atoms with van der Waals surface area (Å²) in [6.07, 6.45) is -5.08. The van der Waals surface area contributed by atoms with E-state index in [1.54, 1.807) is 13.2 Å². The summed E-state index contributed by atoms with van der Waals surface area (Å²) in [7, 11) is -1.96. The van der Waals surface area contributed by atoms with Gasteiger partial charge in [-0.3, -0.25) is 4.79 Å². The summed E-state index contributed by atoms with van der Waals surface area (Å²) in [5.41, 5.74) is 1.06. The van der Waals surface area contributed by atoms with Gasteiger partial charge in [0, 0.05) is 50.4 Å². The normalized spacial score (nSPS) is 14.3. The Labute approximate surface area is 211 Å². The highest BCUT2D eigenvalue weighted by atomic mass is 32.2. The number of amides is 1. The molecule has 1 fully saturated rings. The fourth-order valence-corrected chi connectivity index (χ4v) is 4.79. The zero-order valence-electron chi connectivity index (χ0n) is 19.9. The number of rotatable bonds is 8. The van der Waals surface area contributed by atoms with E-state index in [4.69, 9.17) is 14.6 Å². The Morgan fingerprint density at radius 3 is 2.19 bits per heavy atom. The van der Waals surface area contributed by atoms with Crippen molar-refractivity contribution in [2.75, 3.05) is 45.6 Å². The molecule has 1 amide bonds. The van der Waals surface area contributed by atoms with E-state index in [9.17, 15) is 30.8 Å². The standard InChI is InChI=1S/C21H26FN3O4S.C2HF3O2/c1-29-20-5-3-2-4-18(20)16-24(21(26)17-6-8-19(22)9-7-17)14-15-30(27,28)25-12-10-23-11-13-25;3-2(4,5)1(6)7/h2-9,23H,10-16H2,1H3;(H,6,7). The molecule has 1 saturated heterocycles. The maximum atomic E-state index is 13.3. The Kier molecular flexibility index (Phi) is 10.8. The van der Waals surface area contributed by atoms with Crippen LogP contribution in [-0.4, -0.2) is 86.4 Å². The molecule has 1 heterocycles. The van der Waals surface area contributed by atoms with Crippen LogP contribution in [0.1, 0.15) is 15.9 Å². The first kappa shape index (κ1) is 30.0. The number of hydrogen-bond acceptors (Lipinski definition) is 6. The molecule has 37 heavy (non-hydrogen) atoms.